The summed E-state index contributed by atoms with van der Waals surface area (Å²) < 4.78 is 11.3. The van der Waals surface area contributed by atoms with Crippen LogP contribution in [0.4, 0.5) is 4.79 Å². The molecule has 2 fully saturated rings. The van der Waals surface area contributed by atoms with Crippen LogP contribution >= 0.6 is 0 Å². The lowest BCUT2D eigenvalue weighted by atomic mass is 9.98. The molecule has 2 aliphatic heterocycles. The largest absolute Gasteiger partial charge is 0.496 e. The highest BCUT2D eigenvalue weighted by Crippen LogP contribution is 2.25. The molecule has 0 atom stereocenters. The molecule has 2 aromatic rings. The molecule has 0 N–H and O–H groups in total. The number of likely N-dealkylation sites (tertiary alicyclic amines) is 1. The highest BCUT2D eigenvalue weighted by atomic mass is 16.6. The molecule has 0 bridgehead atoms. The standard InChI is InChI=1S/C20H19N3O6/c1-28-16-7-17(24)22(14-5-3-2-4-6-14)11-15(16)19(26)21-8-13(9-21)10-23-18(25)12-29-20(23)27/h2-7,11,13H,8-10,12H2,1H3. The normalized spacial score (nSPS) is 16.6. The van der Waals surface area contributed by atoms with Gasteiger partial charge in [-0.05, 0) is 12.1 Å². The first-order valence-corrected chi connectivity index (χ1v) is 9.10. The molecule has 2 aliphatic rings. The van der Waals surface area contributed by atoms with Crippen molar-refractivity contribution in [2.24, 2.45) is 5.92 Å². The molecule has 0 radical (unpaired) electrons. The van der Waals surface area contributed by atoms with Crippen molar-refractivity contribution < 1.29 is 23.9 Å². The van der Waals surface area contributed by atoms with E-state index in [0.717, 1.165) is 4.90 Å². The SMILES string of the molecule is COc1cc(=O)n(-c2ccccc2)cc1C(=O)N1CC(CN2C(=O)COC2=O)C1. The van der Waals surface area contributed by atoms with Gasteiger partial charge < -0.3 is 14.4 Å². The molecule has 3 heterocycles. The number of pyridine rings is 1. The van der Waals surface area contributed by atoms with Gasteiger partial charge in [-0.1, -0.05) is 18.2 Å². The van der Waals surface area contributed by atoms with Crippen LogP contribution in [0.3, 0.4) is 0 Å². The fourth-order valence-corrected chi connectivity index (χ4v) is 3.47. The van der Waals surface area contributed by atoms with Crippen LogP contribution in [0.5, 0.6) is 5.75 Å². The van der Waals surface area contributed by atoms with E-state index in [1.807, 2.05) is 6.07 Å². The first-order valence-electron chi connectivity index (χ1n) is 9.10. The quantitative estimate of drug-likeness (QED) is 0.743. The molecule has 0 spiro atoms. The number of carbonyl (C=O) groups is 3. The molecule has 150 valence electrons. The van der Waals surface area contributed by atoms with Gasteiger partial charge >= 0.3 is 6.09 Å². The molecule has 1 aromatic carbocycles. The fraction of sp³-hybridized carbons (Fsp3) is 0.300. The van der Waals surface area contributed by atoms with Gasteiger partial charge in [0, 0.05) is 43.5 Å². The second-order valence-corrected chi connectivity index (χ2v) is 6.93. The maximum atomic E-state index is 13.0. The summed E-state index contributed by atoms with van der Waals surface area (Å²) in [7, 11) is 1.40. The third-order valence-electron chi connectivity index (χ3n) is 5.03. The Kier molecular flexibility index (Phi) is 4.79. The predicted octanol–water partition coefficient (Wildman–Crippen LogP) is 0.897. The highest BCUT2D eigenvalue weighted by molar-refractivity contribution is 5.98. The maximum absolute atomic E-state index is 13.0. The molecule has 9 nitrogen and oxygen atoms in total. The lowest BCUT2D eigenvalue weighted by molar-refractivity contribution is -0.126. The Bertz CT molecular complexity index is 1010. The van der Waals surface area contributed by atoms with Gasteiger partial charge in [0.2, 0.25) is 0 Å². The Morgan fingerprint density at radius 2 is 1.90 bits per heavy atom. The van der Waals surface area contributed by atoms with E-state index < -0.39 is 6.09 Å². The third-order valence-corrected chi connectivity index (χ3v) is 5.03. The summed E-state index contributed by atoms with van der Waals surface area (Å²) in [5.41, 5.74) is 0.602. The number of imide groups is 1. The van der Waals surface area contributed by atoms with Gasteiger partial charge in [-0.25, -0.2) is 9.69 Å². The highest BCUT2D eigenvalue weighted by Gasteiger charge is 2.39. The van der Waals surface area contributed by atoms with Crippen molar-refractivity contribution in [2.45, 2.75) is 0 Å². The van der Waals surface area contributed by atoms with Crippen molar-refractivity contribution in [1.29, 1.82) is 0 Å². The molecular weight excluding hydrogens is 378 g/mol. The zero-order chi connectivity index (χ0) is 20.5. The number of ether oxygens (including phenoxy) is 2. The predicted molar refractivity (Wildman–Crippen MR) is 101 cm³/mol. The van der Waals surface area contributed by atoms with E-state index in [9.17, 15) is 19.2 Å². The molecule has 0 aliphatic carbocycles. The molecule has 3 amide bonds. The number of aromatic nitrogens is 1. The summed E-state index contributed by atoms with van der Waals surface area (Å²) in [4.78, 5) is 51.2. The number of cyclic esters (lactones) is 1. The summed E-state index contributed by atoms with van der Waals surface area (Å²) in [6.07, 6.45) is 0.837. The zero-order valence-corrected chi connectivity index (χ0v) is 15.7. The molecule has 4 rings (SSSR count). The number of rotatable bonds is 5. The second-order valence-electron chi connectivity index (χ2n) is 6.93. The van der Waals surface area contributed by atoms with Crippen molar-refractivity contribution in [1.82, 2.24) is 14.4 Å². The van der Waals surface area contributed by atoms with Crippen molar-refractivity contribution in [3.05, 3.63) is 58.5 Å². The Labute approximate surface area is 166 Å². The minimum atomic E-state index is -0.642. The number of hydrogen-bond donors (Lipinski definition) is 0. The van der Waals surface area contributed by atoms with Crippen LogP contribution in [-0.2, 0) is 9.53 Å². The number of hydrogen-bond acceptors (Lipinski definition) is 6. The van der Waals surface area contributed by atoms with Crippen molar-refractivity contribution in [2.75, 3.05) is 33.4 Å². The van der Waals surface area contributed by atoms with Crippen LogP contribution in [0.15, 0.2) is 47.4 Å². The maximum Gasteiger partial charge on any atom is 0.417 e. The number of para-hydroxylation sites is 1. The number of methoxy groups -OCH3 is 1. The number of benzene rings is 1. The van der Waals surface area contributed by atoms with Crippen LogP contribution < -0.4 is 10.3 Å². The van der Waals surface area contributed by atoms with E-state index >= 15 is 0 Å². The van der Waals surface area contributed by atoms with Gasteiger partial charge in [-0.2, -0.15) is 0 Å². The van der Waals surface area contributed by atoms with Crippen molar-refractivity contribution in [3.8, 4) is 11.4 Å². The zero-order valence-electron chi connectivity index (χ0n) is 15.7. The Morgan fingerprint density at radius 3 is 2.52 bits per heavy atom. The summed E-state index contributed by atoms with van der Waals surface area (Å²) in [5, 5.41) is 0. The van der Waals surface area contributed by atoms with Crippen LogP contribution in [0.1, 0.15) is 10.4 Å². The molecular formula is C20H19N3O6. The minimum Gasteiger partial charge on any atom is -0.496 e. The van der Waals surface area contributed by atoms with Crippen molar-refractivity contribution >= 4 is 17.9 Å². The van der Waals surface area contributed by atoms with Crippen molar-refractivity contribution in [3.63, 3.8) is 0 Å². The van der Waals surface area contributed by atoms with Gasteiger partial charge in [0.1, 0.15) is 5.75 Å². The average molecular weight is 397 g/mol. The molecule has 0 saturated carbocycles. The summed E-state index contributed by atoms with van der Waals surface area (Å²) in [5.74, 6) is -0.456. The Balaban J connectivity index is 1.51. The summed E-state index contributed by atoms with van der Waals surface area (Å²) >= 11 is 0. The fourth-order valence-electron chi connectivity index (χ4n) is 3.47. The Morgan fingerprint density at radius 1 is 1.17 bits per heavy atom. The van der Waals surface area contributed by atoms with Crippen LogP contribution in [-0.4, -0.2) is 65.6 Å². The number of amides is 3. The lowest BCUT2D eigenvalue weighted by Crippen LogP contribution is -2.54. The van der Waals surface area contributed by atoms with E-state index in [1.165, 1.54) is 23.9 Å². The minimum absolute atomic E-state index is 0.0143. The summed E-state index contributed by atoms with van der Waals surface area (Å²) in [6, 6.07) is 10.3. The van der Waals surface area contributed by atoms with Crippen LogP contribution in [0, 0.1) is 5.92 Å². The average Bonchev–Trinajstić information content (AvgIpc) is 3.02. The first-order chi connectivity index (χ1) is 14.0. The molecule has 1 aromatic heterocycles. The molecule has 2 saturated heterocycles. The van der Waals surface area contributed by atoms with Gasteiger partial charge in [-0.15, -0.1) is 0 Å². The van der Waals surface area contributed by atoms with E-state index in [-0.39, 0.29) is 47.8 Å². The lowest BCUT2D eigenvalue weighted by Gasteiger charge is -2.40. The Hall–Kier alpha value is -3.62. The van der Waals surface area contributed by atoms with E-state index in [1.54, 1.807) is 29.2 Å². The van der Waals surface area contributed by atoms with E-state index in [2.05, 4.69) is 0 Å². The van der Waals surface area contributed by atoms with Gasteiger partial charge in [0.05, 0.1) is 12.7 Å². The molecule has 29 heavy (non-hydrogen) atoms. The summed E-state index contributed by atoms with van der Waals surface area (Å²) in [6.45, 7) is 0.779. The molecule has 9 heteroatoms. The monoisotopic (exact) mass is 397 g/mol. The molecule has 0 unspecified atom stereocenters. The smallest absolute Gasteiger partial charge is 0.417 e. The van der Waals surface area contributed by atoms with Gasteiger partial charge in [0.15, 0.2) is 6.61 Å². The van der Waals surface area contributed by atoms with E-state index in [4.69, 9.17) is 9.47 Å². The first kappa shape index (κ1) is 18.7. The third kappa shape index (κ3) is 3.46. The van der Waals surface area contributed by atoms with Gasteiger partial charge in [-0.3, -0.25) is 19.0 Å². The van der Waals surface area contributed by atoms with Crippen LogP contribution in [0.25, 0.3) is 5.69 Å². The number of nitrogens with zero attached hydrogens (tertiary/aromatic N) is 3. The van der Waals surface area contributed by atoms with Crippen LogP contribution in [0.2, 0.25) is 0 Å². The second kappa shape index (κ2) is 7.42. The topological polar surface area (TPSA) is 98.2 Å². The number of carbonyl (C=O) groups excluding carboxylic acids is 3. The van der Waals surface area contributed by atoms with E-state index in [0.29, 0.717) is 18.8 Å². The van der Waals surface area contributed by atoms with Gasteiger partial charge in [0.25, 0.3) is 17.4 Å².